The summed E-state index contributed by atoms with van der Waals surface area (Å²) in [4.78, 5) is 16.2. The summed E-state index contributed by atoms with van der Waals surface area (Å²) < 4.78 is 4.53. The van der Waals surface area contributed by atoms with Gasteiger partial charge in [0.1, 0.15) is 0 Å². The van der Waals surface area contributed by atoms with Crippen molar-refractivity contribution in [2.45, 2.75) is 19.9 Å². The maximum Gasteiger partial charge on any atom is 0.319 e. The third kappa shape index (κ3) is 2.78. The second-order valence-corrected chi connectivity index (χ2v) is 3.87. The molecule has 0 bridgehead atoms. The maximum atomic E-state index is 10.9. The lowest BCUT2D eigenvalue weighted by atomic mass is 10.2. The highest BCUT2D eigenvalue weighted by molar-refractivity contribution is 7.09. The molecule has 0 saturated carbocycles. The van der Waals surface area contributed by atoms with Gasteiger partial charge in [0.2, 0.25) is 0 Å². The van der Waals surface area contributed by atoms with Crippen LogP contribution >= 0.6 is 11.3 Å². The third-order valence-electron chi connectivity index (χ3n) is 1.96. The molecule has 0 aliphatic heterocycles. The highest BCUT2D eigenvalue weighted by Gasteiger charge is 2.11. The van der Waals surface area contributed by atoms with Crippen LogP contribution in [0.15, 0.2) is 5.51 Å². The summed E-state index contributed by atoms with van der Waals surface area (Å²) in [6.45, 7) is 4.20. The molecule has 0 fully saturated rings. The van der Waals surface area contributed by atoms with Crippen molar-refractivity contribution in [2.75, 3.05) is 13.7 Å². The summed E-state index contributed by atoms with van der Waals surface area (Å²) >= 11 is 1.59. The highest BCUT2D eigenvalue weighted by Crippen LogP contribution is 2.20. The average Bonchev–Trinajstić information content (AvgIpc) is 2.60. The first-order chi connectivity index (χ1) is 6.65. The van der Waals surface area contributed by atoms with Gasteiger partial charge < -0.3 is 4.74 Å². The minimum Gasteiger partial charge on any atom is -0.468 e. The van der Waals surface area contributed by atoms with Gasteiger partial charge in [-0.3, -0.25) is 10.1 Å². The lowest BCUT2D eigenvalue weighted by molar-refractivity contribution is -0.139. The van der Waals surface area contributed by atoms with E-state index in [2.05, 4.69) is 15.0 Å². The maximum absolute atomic E-state index is 10.9. The average molecular weight is 214 g/mol. The number of aromatic nitrogens is 1. The molecule has 0 aromatic carbocycles. The smallest absolute Gasteiger partial charge is 0.319 e. The number of methoxy groups -OCH3 is 1. The van der Waals surface area contributed by atoms with E-state index in [0.717, 1.165) is 10.6 Å². The summed E-state index contributed by atoms with van der Waals surface area (Å²) in [5.74, 6) is -0.251. The van der Waals surface area contributed by atoms with E-state index in [1.807, 2.05) is 13.8 Å². The van der Waals surface area contributed by atoms with E-state index in [4.69, 9.17) is 0 Å². The number of thiazole rings is 1. The zero-order valence-electron chi connectivity index (χ0n) is 8.53. The number of hydrogen-bond acceptors (Lipinski definition) is 5. The van der Waals surface area contributed by atoms with Crippen LogP contribution in [0.5, 0.6) is 0 Å². The van der Waals surface area contributed by atoms with Gasteiger partial charge in [-0.05, 0) is 13.8 Å². The van der Waals surface area contributed by atoms with Crippen molar-refractivity contribution < 1.29 is 9.53 Å². The number of hydrogen-bond donors (Lipinski definition) is 1. The molecule has 0 spiro atoms. The monoisotopic (exact) mass is 214 g/mol. The largest absolute Gasteiger partial charge is 0.468 e. The van der Waals surface area contributed by atoms with Crippen LogP contribution < -0.4 is 5.32 Å². The lowest BCUT2D eigenvalue weighted by Gasteiger charge is -2.11. The Balaban J connectivity index is 2.47. The molecule has 1 atom stereocenters. The van der Waals surface area contributed by atoms with Gasteiger partial charge in [-0.1, -0.05) is 0 Å². The van der Waals surface area contributed by atoms with Crippen LogP contribution in [0, 0.1) is 6.92 Å². The molecule has 0 amide bonds. The van der Waals surface area contributed by atoms with Gasteiger partial charge in [0.15, 0.2) is 0 Å². The number of aryl methyl sites for hydroxylation is 1. The Labute approximate surface area is 87.3 Å². The minimum absolute atomic E-state index is 0.140. The van der Waals surface area contributed by atoms with E-state index in [0.29, 0.717) is 0 Å². The Bertz CT molecular complexity index is 312. The second kappa shape index (κ2) is 5.07. The summed E-state index contributed by atoms with van der Waals surface area (Å²) in [7, 11) is 1.38. The Morgan fingerprint density at radius 1 is 1.79 bits per heavy atom. The van der Waals surface area contributed by atoms with Crippen molar-refractivity contribution in [1.29, 1.82) is 0 Å². The Kier molecular flexibility index (Phi) is 4.03. The van der Waals surface area contributed by atoms with E-state index in [1.165, 1.54) is 7.11 Å². The Morgan fingerprint density at radius 2 is 2.50 bits per heavy atom. The second-order valence-electron chi connectivity index (χ2n) is 2.98. The molecule has 0 saturated heterocycles. The number of esters is 1. The van der Waals surface area contributed by atoms with Crippen LogP contribution in [0.3, 0.4) is 0 Å². The van der Waals surface area contributed by atoms with Crippen LogP contribution in [0.1, 0.15) is 23.5 Å². The molecule has 1 N–H and O–H groups in total. The molecule has 1 aromatic rings. The number of nitrogens with one attached hydrogen (secondary N) is 1. The fourth-order valence-corrected chi connectivity index (χ4v) is 1.96. The molecule has 1 heterocycles. The zero-order chi connectivity index (χ0) is 10.6. The van der Waals surface area contributed by atoms with Gasteiger partial charge in [-0.2, -0.15) is 0 Å². The van der Waals surface area contributed by atoms with Gasteiger partial charge >= 0.3 is 5.97 Å². The van der Waals surface area contributed by atoms with Crippen LogP contribution in [0.25, 0.3) is 0 Å². The highest BCUT2D eigenvalue weighted by atomic mass is 32.1. The first-order valence-corrected chi connectivity index (χ1v) is 5.23. The summed E-state index contributed by atoms with van der Waals surface area (Å²) in [6.07, 6.45) is 0. The molecule has 4 nitrogen and oxygen atoms in total. The summed E-state index contributed by atoms with van der Waals surface area (Å²) in [5.41, 5.74) is 2.82. The third-order valence-corrected chi connectivity index (χ3v) is 3.07. The van der Waals surface area contributed by atoms with Crippen LogP contribution in [0.2, 0.25) is 0 Å². The lowest BCUT2D eigenvalue weighted by Crippen LogP contribution is -2.26. The van der Waals surface area contributed by atoms with Crippen molar-refractivity contribution in [3.63, 3.8) is 0 Å². The van der Waals surface area contributed by atoms with Crippen molar-refractivity contribution in [1.82, 2.24) is 10.3 Å². The normalized spacial score (nSPS) is 12.5. The van der Waals surface area contributed by atoms with Crippen LogP contribution in [-0.2, 0) is 9.53 Å². The van der Waals surface area contributed by atoms with E-state index in [9.17, 15) is 4.79 Å². The van der Waals surface area contributed by atoms with Gasteiger partial charge in [0, 0.05) is 10.9 Å². The molecular weight excluding hydrogens is 200 g/mol. The number of ether oxygens (including phenoxy) is 1. The first kappa shape index (κ1) is 11.1. The molecular formula is C9H14N2O2S. The van der Waals surface area contributed by atoms with E-state index >= 15 is 0 Å². The van der Waals surface area contributed by atoms with Gasteiger partial charge in [0.05, 0.1) is 24.9 Å². The molecule has 0 aliphatic carbocycles. The molecule has 78 valence electrons. The first-order valence-electron chi connectivity index (χ1n) is 4.35. The van der Waals surface area contributed by atoms with Crippen molar-refractivity contribution in [2.24, 2.45) is 0 Å². The predicted molar refractivity (Wildman–Crippen MR) is 55.3 cm³/mol. The number of nitrogens with zero attached hydrogens (tertiary/aromatic N) is 1. The van der Waals surface area contributed by atoms with Crippen LogP contribution in [-0.4, -0.2) is 24.6 Å². The van der Waals surface area contributed by atoms with Gasteiger partial charge in [-0.25, -0.2) is 4.98 Å². The fourth-order valence-electron chi connectivity index (χ4n) is 1.13. The summed E-state index contributed by atoms with van der Waals surface area (Å²) in [6, 6.07) is 0.140. The van der Waals surface area contributed by atoms with Crippen LogP contribution in [0.4, 0.5) is 0 Å². The predicted octanol–water partition coefficient (Wildman–Crippen LogP) is 1.28. The molecule has 5 heteroatoms. The minimum atomic E-state index is -0.251. The van der Waals surface area contributed by atoms with Gasteiger partial charge in [-0.15, -0.1) is 11.3 Å². The fraction of sp³-hybridized carbons (Fsp3) is 0.556. The molecule has 1 unspecified atom stereocenters. The number of carbonyl (C=O) groups is 1. The molecule has 14 heavy (non-hydrogen) atoms. The summed E-state index contributed by atoms with van der Waals surface area (Å²) in [5, 5.41) is 3.07. The van der Waals surface area contributed by atoms with Crippen molar-refractivity contribution >= 4 is 17.3 Å². The number of carbonyl (C=O) groups excluding carboxylic acids is 1. The zero-order valence-corrected chi connectivity index (χ0v) is 9.35. The van der Waals surface area contributed by atoms with Crippen molar-refractivity contribution in [3.8, 4) is 0 Å². The molecule has 1 aromatic heterocycles. The van der Waals surface area contributed by atoms with E-state index in [-0.39, 0.29) is 18.6 Å². The quantitative estimate of drug-likeness (QED) is 0.767. The van der Waals surface area contributed by atoms with Crippen molar-refractivity contribution in [3.05, 3.63) is 16.1 Å². The van der Waals surface area contributed by atoms with E-state index in [1.54, 1.807) is 16.8 Å². The molecule has 0 aliphatic rings. The molecule has 0 radical (unpaired) electrons. The topological polar surface area (TPSA) is 51.2 Å². The standard InChI is InChI=1S/C9H14N2O2S/c1-6(10-4-8(12)13-3)9-7(2)11-5-14-9/h5-6,10H,4H2,1-3H3. The SMILES string of the molecule is COC(=O)CNC(C)c1scnc1C. The molecule has 1 rings (SSSR count). The Morgan fingerprint density at radius 3 is 3.00 bits per heavy atom. The Hall–Kier alpha value is -0.940. The van der Waals surface area contributed by atoms with E-state index < -0.39 is 0 Å². The van der Waals surface area contributed by atoms with Gasteiger partial charge in [0.25, 0.3) is 0 Å². The number of rotatable bonds is 4.